The first-order valence-electron chi connectivity index (χ1n) is 7.71. The topological polar surface area (TPSA) is 32.3 Å². The summed E-state index contributed by atoms with van der Waals surface area (Å²) in [5.74, 6) is -0.0199. The number of hydrogen-bond acceptors (Lipinski definition) is 2. The average molecular weight is 276 g/mol. The van der Waals surface area contributed by atoms with Gasteiger partial charge in [-0.2, -0.15) is 0 Å². The molecule has 1 aromatic rings. The molecule has 3 heteroatoms. The number of benzene rings is 1. The number of rotatable bonds is 8. The fourth-order valence-corrected chi connectivity index (χ4v) is 2.28. The van der Waals surface area contributed by atoms with E-state index in [-0.39, 0.29) is 5.91 Å². The Hall–Kier alpha value is -1.51. The highest BCUT2D eigenvalue weighted by Gasteiger charge is 2.10. The van der Waals surface area contributed by atoms with Gasteiger partial charge < -0.3 is 10.2 Å². The van der Waals surface area contributed by atoms with E-state index < -0.39 is 0 Å². The van der Waals surface area contributed by atoms with Gasteiger partial charge in [-0.05, 0) is 37.5 Å². The van der Waals surface area contributed by atoms with Crippen molar-refractivity contribution in [1.82, 2.24) is 0 Å². The largest absolute Gasteiger partial charge is 0.371 e. The van der Waals surface area contributed by atoms with Crippen molar-refractivity contribution in [2.45, 2.75) is 53.4 Å². The highest BCUT2D eigenvalue weighted by Crippen LogP contribution is 2.25. The van der Waals surface area contributed by atoms with Crippen LogP contribution in [0.3, 0.4) is 0 Å². The fraction of sp³-hybridized carbons (Fsp3) is 0.588. The average Bonchev–Trinajstić information content (AvgIpc) is 2.41. The van der Waals surface area contributed by atoms with Gasteiger partial charge in [0.1, 0.15) is 0 Å². The molecule has 0 heterocycles. The number of amides is 1. The molecule has 0 aliphatic rings. The summed E-state index contributed by atoms with van der Waals surface area (Å²) in [5.41, 5.74) is 3.40. The van der Waals surface area contributed by atoms with Crippen LogP contribution in [0.1, 0.15) is 52.0 Å². The summed E-state index contributed by atoms with van der Waals surface area (Å²) in [6.07, 6.45) is 4.81. The Morgan fingerprint density at radius 1 is 1.15 bits per heavy atom. The second-order valence-electron chi connectivity index (χ2n) is 5.38. The maximum absolute atomic E-state index is 11.2. The lowest BCUT2D eigenvalue weighted by molar-refractivity contribution is -0.114. The minimum atomic E-state index is -0.0199. The van der Waals surface area contributed by atoms with E-state index in [9.17, 15) is 4.79 Å². The maximum Gasteiger partial charge on any atom is 0.221 e. The van der Waals surface area contributed by atoms with E-state index in [2.05, 4.69) is 43.1 Å². The third-order valence-electron chi connectivity index (χ3n) is 3.43. The van der Waals surface area contributed by atoms with Gasteiger partial charge in [-0.1, -0.05) is 32.8 Å². The van der Waals surface area contributed by atoms with Crippen molar-refractivity contribution in [2.24, 2.45) is 0 Å². The second-order valence-corrected chi connectivity index (χ2v) is 5.38. The highest BCUT2D eigenvalue weighted by molar-refractivity contribution is 5.89. The van der Waals surface area contributed by atoms with Gasteiger partial charge in [0.15, 0.2) is 0 Å². The van der Waals surface area contributed by atoms with Gasteiger partial charge in [-0.3, -0.25) is 4.79 Å². The highest BCUT2D eigenvalue weighted by atomic mass is 16.1. The summed E-state index contributed by atoms with van der Waals surface area (Å²) in [4.78, 5) is 13.7. The zero-order chi connectivity index (χ0) is 15.0. The lowest BCUT2D eigenvalue weighted by atomic mass is 10.1. The Labute approximate surface area is 123 Å². The third-order valence-corrected chi connectivity index (χ3v) is 3.43. The summed E-state index contributed by atoms with van der Waals surface area (Å²) in [6, 6.07) is 6.16. The normalized spacial score (nSPS) is 10.4. The summed E-state index contributed by atoms with van der Waals surface area (Å²) in [5, 5.41) is 2.87. The van der Waals surface area contributed by atoms with Crippen LogP contribution < -0.4 is 10.2 Å². The first-order chi connectivity index (χ1) is 9.58. The van der Waals surface area contributed by atoms with Crippen LogP contribution in [0.5, 0.6) is 0 Å². The van der Waals surface area contributed by atoms with E-state index >= 15 is 0 Å². The van der Waals surface area contributed by atoms with E-state index in [1.165, 1.54) is 36.9 Å². The fourth-order valence-electron chi connectivity index (χ4n) is 2.28. The molecular formula is C17H28N2O. The Kier molecular flexibility index (Phi) is 7.13. The van der Waals surface area contributed by atoms with E-state index in [4.69, 9.17) is 0 Å². The Bertz CT molecular complexity index is 421. The smallest absolute Gasteiger partial charge is 0.221 e. The van der Waals surface area contributed by atoms with Crippen molar-refractivity contribution in [3.05, 3.63) is 23.8 Å². The molecule has 0 saturated heterocycles. The summed E-state index contributed by atoms with van der Waals surface area (Å²) < 4.78 is 0. The lowest BCUT2D eigenvalue weighted by Crippen LogP contribution is -2.26. The molecule has 0 unspecified atom stereocenters. The van der Waals surface area contributed by atoms with Crippen LogP contribution in [0.25, 0.3) is 0 Å². The van der Waals surface area contributed by atoms with Crippen molar-refractivity contribution in [1.29, 1.82) is 0 Å². The molecule has 0 bridgehead atoms. The monoisotopic (exact) mass is 276 g/mol. The number of unbranched alkanes of at least 4 members (excludes halogenated alkanes) is 2. The van der Waals surface area contributed by atoms with Crippen LogP contribution in [0.15, 0.2) is 18.2 Å². The number of carbonyl (C=O) groups excluding carboxylic acids is 1. The molecule has 0 aromatic heterocycles. The molecular weight excluding hydrogens is 248 g/mol. The van der Waals surface area contributed by atoms with Gasteiger partial charge in [0, 0.05) is 31.4 Å². The lowest BCUT2D eigenvalue weighted by Gasteiger charge is -2.27. The van der Waals surface area contributed by atoms with Crippen LogP contribution in [-0.2, 0) is 4.79 Å². The standard InChI is InChI=1S/C17H28N2O/c1-5-7-11-19(12-8-6-2)17-13-16(18-15(4)20)10-9-14(17)3/h9-10,13H,5-8,11-12H2,1-4H3,(H,18,20). The number of aryl methyl sites for hydroxylation is 1. The van der Waals surface area contributed by atoms with E-state index in [0.29, 0.717) is 0 Å². The van der Waals surface area contributed by atoms with E-state index in [1.54, 1.807) is 6.92 Å². The van der Waals surface area contributed by atoms with Gasteiger partial charge in [-0.15, -0.1) is 0 Å². The molecule has 1 N–H and O–H groups in total. The van der Waals surface area contributed by atoms with Crippen molar-refractivity contribution in [2.75, 3.05) is 23.3 Å². The van der Waals surface area contributed by atoms with Gasteiger partial charge >= 0.3 is 0 Å². The molecule has 3 nitrogen and oxygen atoms in total. The summed E-state index contributed by atoms with van der Waals surface area (Å²) in [6.45, 7) is 10.3. The quantitative estimate of drug-likeness (QED) is 0.765. The second kappa shape index (κ2) is 8.62. The predicted octanol–water partition coefficient (Wildman–Crippen LogP) is 4.36. The van der Waals surface area contributed by atoms with Crippen molar-refractivity contribution in [3.8, 4) is 0 Å². The van der Waals surface area contributed by atoms with E-state index in [1.807, 2.05) is 6.07 Å². The molecule has 0 atom stereocenters. The van der Waals surface area contributed by atoms with Gasteiger partial charge in [-0.25, -0.2) is 0 Å². The Morgan fingerprint density at radius 2 is 1.75 bits per heavy atom. The van der Waals surface area contributed by atoms with Crippen LogP contribution in [0.2, 0.25) is 0 Å². The van der Waals surface area contributed by atoms with Gasteiger partial charge in [0.25, 0.3) is 0 Å². The van der Waals surface area contributed by atoms with Crippen LogP contribution in [-0.4, -0.2) is 19.0 Å². The van der Waals surface area contributed by atoms with Crippen molar-refractivity contribution >= 4 is 17.3 Å². The van der Waals surface area contributed by atoms with E-state index in [0.717, 1.165) is 18.8 Å². The number of nitrogens with zero attached hydrogens (tertiary/aromatic N) is 1. The molecule has 1 amide bonds. The summed E-state index contributed by atoms with van der Waals surface area (Å²) in [7, 11) is 0. The van der Waals surface area contributed by atoms with Crippen molar-refractivity contribution < 1.29 is 4.79 Å². The molecule has 0 fully saturated rings. The first-order valence-corrected chi connectivity index (χ1v) is 7.71. The Balaban J connectivity index is 2.93. The molecule has 112 valence electrons. The number of anilines is 2. The van der Waals surface area contributed by atoms with Crippen LogP contribution in [0.4, 0.5) is 11.4 Å². The molecule has 1 aromatic carbocycles. The zero-order valence-corrected chi connectivity index (χ0v) is 13.3. The van der Waals surface area contributed by atoms with Crippen LogP contribution in [0, 0.1) is 6.92 Å². The third kappa shape index (κ3) is 5.24. The molecule has 0 spiro atoms. The number of hydrogen-bond donors (Lipinski definition) is 1. The van der Waals surface area contributed by atoms with Crippen LogP contribution >= 0.6 is 0 Å². The first kappa shape index (κ1) is 16.5. The molecule has 1 rings (SSSR count). The zero-order valence-electron chi connectivity index (χ0n) is 13.3. The van der Waals surface area contributed by atoms with Gasteiger partial charge in [0.05, 0.1) is 0 Å². The molecule has 0 saturated carbocycles. The Morgan fingerprint density at radius 3 is 2.25 bits per heavy atom. The maximum atomic E-state index is 11.2. The van der Waals surface area contributed by atoms with Crippen molar-refractivity contribution in [3.63, 3.8) is 0 Å². The predicted molar refractivity (Wildman–Crippen MR) is 87.5 cm³/mol. The number of nitrogens with one attached hydrogen (secondary N) is 1. The molecule has 0 aliphatic carbocycles. The SMILES string of the molecule is CCCCN(CCCC)c1cc(NC(C)=O)ccc1C. The molecule has 20 heavy (non-hydrogen) atoms. The van der Waals surface area contributed by atoms with Gasteiger partial charge in [0.2, 0.25) is 5.91 Å². The minimum absolute atomic E-state index is 0.0199. The number of carbonyl (C=O) groups is 1. The molecule has 0 aliphatic heterocycles. The minimum Gasteiger partial charge on any atom is -0.371 e. The summed E-state index contributed by atoms with van der Waals surface area (Å²) >= 11 is 0. The molecule has 0 radical (unpaired) electrons.